The van der Waals surface area contributed by atoms with Gasteiger partial charge >= 0.3 is 0 Å². The number of sulfone groups is 1. The first kappa shape index (κ1) is 22.6. The molecule has 5 nitrogen and oxygen atoms in total. The molecule has 0 heterocycles. The Morgan fingerprint density at radius 3 is 1.65 bits per heavy atom. The summed E-state index contributed by atoms with van der Waals surface area (Å²) < 4.78 is 69.7. The lowest BCUT2D eigenvalue weighted by molar-refractivity contribution is 0.568. The van der Waals surface area contributed by atoms with E-state index in [1.807, 2.05) is 0 Å². The van der Waals surface area contributed by atoms with Gasteiger partial charge < -0.3 is 0 Å². The summed E-state index contributed by atoms with van der Waals surface area (Å²) in [6.45, 7) is 0. The Morgan fingerprint density at radius 2 is 1.31 bits per heavy atom. The van der Waals surface area contributed by atoms with Crippen LogP contribution in [0.15, 0.2) is 46.2 Å². The number of nitriles is 1. The van der Waals surface area contributed by atoms with Crippen molar-refractivity contribution in [1.29, 1.82) is 5.26 Å². The van der Waals surface area contributed by atoms with E-state index in [0.29, 0.717) is 0 Å². The van der Waals surface area contributed by atoms with E-state index < -0.39 is 46.1 Å². The van der Waals surface area contributed by atoms with Crippen LogP contribution < -0.4 is 0 Å². The first-order chi connectivity index (χ1) is 11.9. The molecule has 0 unspecified atom stereocenters. The first-order valence-electron chi connectivity index (χ1n) is 6.33. The van der Waals surface area contributed by atoms with Gasteiger partial charge in [-0.05, 0) is 36.4 Å². The molecule has 2 aromatic rings. The predicted octanol–water partition coefficient (Wildman–Crippen LogP) is 4.18. The number of hydrogen-bond donors (Lipinski definition) is 0. The fraction of sp³-hybridized carbons (Fsp3) is 0.0714. The molecule has 0 amide bonds. The van der Waals surface area contributed by atoms with Crippen molar-refractivity contribution in [2.24, 2.45) is 0 Å². The summed E-state index contributed by atoms with van der Waals surface area (Å²) >= 11 is 10.8. The zero-order valence-electron chi connectivity index (χ0n) is 12.5. The predicted molar refractivity (Wildman–Crippen MR) is 93.5 cm³/mol. The third kappa shape index (κ3) is 6.37. The molecule has 2 rings (SSSR count). The van der Waals surface area contributed by atoms with Crippen molar-refractivity contribution in [3.8, 4) is 6.07 Å². The van der Waals surface area contributed by atoms with Gasteiger partial charge in [0.05, 0.1) is 6.07 Å². The number of rotatable bonds is 3. The van der Waals surface area contributed by atoms with Gasteiger partial charge in [0.15, 0.2) is 9.84 Å². The number of halogens is 5. The number of nitrogens with zero attached hydrogens (tertiary/aromatic N) is 1. The van der Waals surface area contributed by atoms with Gasteiger partial charge in [-0.25, -0.2) is 25.6 Å². The van der Waals surface area contributed by atoms with Gasteiger partial charge in [0.25, 0.3) is 9.05 Å². The van der Waals surface area contributed by atoms with E-state index in [0.717, 1.165) is 24.3 Å². The van der Waals surface area contributed by atoms with Crippen LogP contribution in [0.4, 0.5) is 8.78 Å². The Kier molecular flexibility index (Phi) is 7.80. The van der Waals surface area contributed by atoms with E-state index in [-0.39, 0.29) is 10.0 Å². The molecule has 0 saturated carbocycles. The van der Waals surface area contributed by atoms with Crippen molar-refractivity contribution in [3.05, 3.63) is 58.1 Å². The summed E-state index contributed by atoms with van der Waals surface area (Å²) in [5.74, 6) is -2.63. The lowest BCUT2D eigenvalue weighted by Crippen LogP contribution is -2.07. The third-order valence-corrected chi connectivity index (χ3v) is 5.98. The number of hydrogen-bond acceptors (Lipinski definition) is 5. The van der Waals surface area contributed by atoms with Crippen molar-refractivity contribution < 1.29 is 25.6 Å². The van der Waals surface area contributed by atoms with E-state index in [4.69, 9.17) is 39.1 Å². The van der Waals surface area contributed by atoms with Crippen LogP contribution in [0.25, 0.3) is 0 Å². The zero-order valence-corrected chi connectivity index (χ0v) is 16.4. The topological polar surface area (TPSA) is 92.1 Å². The molecular formula is C14H8Cl3F2NO4S2. The first-order valence-corrected chi connectivity index (χ1v) is 11.0. The van der Waals surface area contributed by atoms with Crippen LogP contribution in [-0.4, -0.2) is 22.6 Å². The average Bonchev–Trinajstić information content (AvgIpc) is 2.45. The maximum atomic E-state index is 13.1. The summed E-state index contributed by atoms with van der Waals surface area (Å²) in [5, 5.41) is 8.46. The summed E-state index contributed by atoms with van der Waals surface area (Å²) in [6.07, 6.45) is 0. The molecule has 0 spiro atoms. The van der Waals surface area contributed by atoms with Crippen LogP contribution in [0.3, 0.4) is 0 Å². The van der Waals surface area contributed by atoms with Crippen LogP contribution >= 0.6 is 33.9 Å². The van der Waals surface area contributed by atoms with Crippen molar-refractivity contribution in [1.82, 2.24) is 0 Å². The second kappa shape index (κ2) is 8.97. The Balaban J connectivity index is 0.000000263. The second-order valence-corrected chi connectivity index (χ2v) is 9.87. The fourth-order valence-electron chi connectivity index (χ4n) is 1.56. The van der Waals surface area contributed by atoms with Gasteiger partial charge in [0, 0.05) is 20.7 Å². The molecule has 0 radical (unpaired) electrons. The van der Waals surface area contributed by atoms with Crippen molar-refractivity contribution in [2.45, 2.75) is 9.79 Å². The second-order valence-electron chi connectivity index (χ2n) is 4.50. The molecule has 26 heavy (non-hydrogen) atoms. The Morgan fingerprint density at radius 1 is 0.885 bits per heavy atom. The van der Waals surface area contributed by atoms with Gasteiger partial charge in [-0.2, -0.15) is 5.26 Å². The smallest absolute Gasteiger partial charge is 0.223 e. The third-order valence-electron chi connectivity index (χ3n) is 2.64. The van der Waals surface area contributed by atoms with Crippen LogP contribution in [-0.2, 0) is 18.9 Å². The van der Waals surface area contributed by atoms with Gasteiger partial charge in [0.1, 0.15) is 27.2 Å². The molecule has 0 N–H and O–H groups in total. The van der Waals surface area contributed by atoms with Crippen LogP contribution in [0.1, 0.15) is 0 Å². The largest absolute Gasteiger partial charge is 0.264 e. The monoisotopic (exact) mass is 461 g/mol. The minimum absolute atomic E-state index is 0.110. The Bertz CT molecular complexity index is 1070. The van der Waals surface area contributed by atoms with Gasteiger partial charge in [-0.1, -0.05) is 23.2 Å². The minimum atomic E-state index is -4.01. The SMILES string of the molecule is N#CCS(=O)(=O)c1ccc(Cl)cc1F.O=S(=O)(Cl)c1ccc(Cl)cc1F. The Hall–Kier alpha value is -1.44. The lowest BCUT2D eigenvalue weighted by atomic mass is 10.3. The lowest BCUT2D eigenvalue weighted by Gasteiger charge is -2.01. The Labute approximate surface area is 163 Å². The van der Waals surface area contributed by atoms with Crippen LogP contribution in [0, 0.1) is 23.0 Å². The molecule has 12 heteroatoms. The van der Waals surface area contributed by atoms with Crippen molar-refractivity contribution in [2.75, 3.05) is 5.75 Å². The fourth-order valence-corrected chi connectivity index (χ4v) is 3.74. The quantitative estimate of drug-likeness (QED) is 0.638. The molecule has 0 aliphatic carbocycles. The summed E-state index contributed by atoms with van der Waals surface area (Å²) in [6, 6.07) is 7.81. The van der Waals surface area contributed by atoms with Crippen molar-refractivity contribution >= 4 is 52.8 Å². The molecule has 0 aliphatic rings. The van der Waals surface area contributed by atoms with Gasteiger partial charge in [0.2, 0.25) is 0 Å². The van der Waals surface area contributed by atoms with Gasteiger partial charge in [-0.15, -0.1) is 0 Å². The van der Waals surface area contributed by atoms with E-state index in [2.05, 4.69) is 0 Å². The van der Waals surface area contributed by atoms with Crippen LogP contribution in [0.2, 0.25) is 10.0 Å². The molecule has 0 aliphatic heterocycles. The highest BCUT2D eigenvalue weighted by Gasteiger charge is 2.18. The van der Waals surface area contributed by atoms with E-state index in [1.54, 1.807) is 0 Å². The molecule has 0 saturated heterocycles. The summed E-state index contributed by atoms with van der Waals surface area (Å²) in [4.78, 5) is -1.06. The molecule has 0 aromatic heterocycles. The molecule has 0 fully saturated rings. The van der Waals surface area contributed by atoms with E-state index >= 15 is 0 Å². The van der Waals surface area contributed by atoms with E-state index in [9.17, 15) is 25.6 Å². The minimum Gasteiger partial charge on any atom is -0.223 e. The number of benzene rings is 2. The molecule has 0 atom stereocenters. The maximum absolute atomic E-state index is 13.1. The molecule has 2 aromatic carbocycles. The summed E-state index contributed by atoms with van der Waals surface area (Å²) in [7, 11) is -2.96. The highest BCUT2D eigenvalue weighted by molar-refractivity contribution is 8.13. The van der Waals surface area contributed by atoms with Crippen molar-refractivity contribution in [3.63, 3.8) is 0 Å². The normalized spacial score (nSPS) is 11.2. The molecular weight excluding hydrogens is 455 g/mol. The standard InChI is InChI=1S/C8H5ClFNO2S.C6H3Cl2FO2S/c9-6-1-2-8(7(10)5-6)14(12,13)4-3-11;7-4-1-2-6(5(9)3-4)12(8,10)11/h1-2,5H,4H2;1-3H. The zero-order chi connectivity index (χ0) is 20.1. The summed E-state index contributed by atoms with van der Waals surface area (Å²) in [5.41, 5.74) is 0. The highest BCUT2D eigenvalue weighted by Crippen LogP contribution is 2.22. The maximum Gasteiger partial charge on any atom is 0.264 e. The molecule has 0 bridgehead atoms. The molecule has 140 valence electrons. The van der Waals surface area contributed by atoms with Crippen LogP contribution in [0.5, 0.6) is 0 Å². The highest BCUT2D eigenvalue weighted by atomic mass is 35.7. The average molecular weight is 463 g/mol. The van der Waals surface area contributed by atoms with Gasteiger partial charge in [-0.3, -0.25) is 0 Å². The van der Waals surface area contributed by atoms with E-state index in [1.165, 1.54) is 18.2 Å².